The second-order valence-corrected chi connectivity index (χ2v) is 6.13. The Hall–Kier alpha value is -1.54. The zero-order valence-corrected chi connectivity index (χ0v) is 12.4. The average Bonchev–Trinajstić information content (AvgIpc) is 2.71. The van der Waals surface area contributed by atoms with Gasteiger partial charge in [0.2, 0.25) is 0 Å². The van der Waals surface area contributed by atoms with Gasteiger partial charge in [0, 0.05) is 24.5 Å². The van der Waals surface area contributed by atoms with Crippen LogP contribution >= 0.6 is 0 Å². The molecule has 1 aromatic carbocycles. The Morgan fingerprint density at radius 2 is 1.63 bits per heavy atom. The lowest BCUT2D eigenvalue weighted by Gasteiger charge is -2.19. The molecule has 0 aliphatic carbocycles. The smallest absolute Gasteiger partial charge is 0.0482 e. The van der Waals surface area contributed by atoms with Crippen LogP contribution in [0.5, 0.6) is 0 Å². The minimum Gasteiger partial charge on any atom is -0.344 e. The van der Waals surface area contributed by atoms with E-state index in [1.807, 2.05) is 0 Å². The summed E-state index contributed by atoms with van der Waals surface area (Å²) in [5.74, 6) is 0. The monoisotopic (exact) mass is 256 g/mol. The molecule has 0 saturated carbocycles. The minimum atomic E-state index is 0.202. The third-order valence-electron chi connectivity index (χ3n) is 3.60. The third kappa shape index (κ3) is 2.90. The molecule has 0 amide bonds. The summed E-state index contributed by atoms with van der Waals surface area (Å²) >= 11 is 0. The Morgan fingerprint density at radius 3 is 2.16 bits per heavy atom. The van der Waals surface area contributed by atoms with Gasteiger partial charge in [-0.15, -0.1) is 0 Å². The number of benzene rings is 1. The molecule has 102 valence electrons. The molecule has 0 saturated heterocycles. The Labute approximate surface area is 116 Å². The number of hydrogen-bond acceptors (Lipinski definition) is 1. The van der Waals surface area contributed by atoms with E-state index in [9.17, 15) is 0 Å². The highest BCUT2D eigenvalue weighted by molar-refractivity contribution is 5.61. The van der Waals surface area contributed by atoms with Crippen LogP contribution in [0.2, 0.25) is 0 Å². The number of hydrogen-bond donors (Lipinski definition) is 1. The van der Waals surface area contributed by atoms with Gasteiger partial charge in [0.1, 0.15) is 0 Å². The van der Waals surface area contributed by atoms with Crippen LogP contribution in [0, 0.1) is 6.92 Å². The van der Waals surface area contributed by atoms with Gasteiger partial charge in [0.05, 0.1) is 0 Å². The van der Waals surface area contributed by atoms with E-state index in [1.165, 1.54) is 22.5 Å². The van der Waals surface area contributed by atoms with Crippen LogP contribution in [-0.2, 0) is 12.0 Å². The number of nitrogens with zero attached hydrogens (tertiary/aromatic N) is 1. The van der Waals surface area contributed by atoms with Gasteiger partial charge >= 0.3 is 0 Å². The highest BCUT2D eigenvalue weighted by Crippen LogP contribution is 2.27. The number of aryl methyl sites for hydroxylation is 1. The Morgan fingerprint density at radius 1 is 1.00 bits per heavy atom. The first kappa shape index (κ1) is 13.9. The molecule has 2 heteroatoms. The maximum absolute atomic E-state index is 5.70. The van der Waals surface area contributed by atoms with Crippen LogP contribution in [0.3, 0.4) is 0 Å². The molecule has 0 fully saturated rings. The maximum atomic E-state index is 5.70. The molecular formula is C17H24N2. The van der Waals surface area contributed by atoms with Gasteiger partial charge in [0.25, 0.3) is 0 Å². The van der Waals surface area contributed by atoms with Crippen molar-refractivity contribution in [3.8, 4) is 11.3 Å². The number of aromatic nitrogens is 1. The molecule has 1 aromatic heterocycles. The fraction of sp³-hybridized carbons (Fsp3) is 0.412. The summed E-state index contributed by atoms with van der Waals surface area (Å²) in [5, 5.41) is 0. The molecule has 0 unspecified atom stereocenters. The van der Waals surface area contributed by atoms with Gasteiger partial charge in [-0.2, -0.15) is 0 Å². The second kappa shape index (κ2) is 5.22. The van der Waals surface area contributed by atoms with Gasteiger partial charge in [-0.1, -0.05) is 45.0 Å². The van der Waals surface area contributed by atoms with Crippen molar-refractivity contribution in [2.24, 2.45) is 5.73 Å². The predicted molar refractivity (Wildman–Crippen MR) is 82.4 cm³/mol. The van der Waals surface area contributed by atoms with Crippen molar-refractivity contribution in [3.05, 3.63) is 47.7 Å². The van der Waals surface area contributed by atoms with Gasteiger partial charge in [-0.25, -0.2) is 0 Å². The van der Waals surface area contributed by atoms with Crippen molar-refractivity contribution in [2.75, 3.05) is 6.54 Å². The van der Waals surface area contributed by atoms with E-state index in [1.54, 1.807) is 0 Å². The standard InChI is InChI=1S/C17H24N2/c1-13-5-10-16(19(13)12-11-18)14-6-8-15(9-7-14)17(2,3)4/h5-10H,11-12,18H2,1-4H3. The largest absolute Gasteiger partial charge is 0.344 e. The first-order valence-electron chi connectivity index (χ1n) is 6.90. The molecule has 0 atom stereocenters. The highest BCUT2D eigenvalue weighted by Gasteiger charge is 2.14. The van der Waals surface area contributed by atoms with Crippen molar-refractivity contribution >= 4 is 0 Å². The van der Waals surface area contributed by atoms with E-state index in [0.29, 0.717) is 6.54 Å². The van der Waals surface area contributed by atoms with Gasteiger partial charge in [-0.05, 0) is 35.6 Å². The van der Waals surface area contributed by atoms with Crippen molar-refractivity contribution in [1.29, 1.82) is 0 Å². The van der Waals surface area contributed by atoms with E-state index in [2.05, 4.69) is 68.7 Å². The van der Waals surface area contributed by atoms with E-state index >= 15 is 0 Å². The first-order valence-corrected chi connectivity index (χ1v) is 6.90. The van der Waals surface area contributed by atoms with Crippen LogP contribution in [0.25, 0.3) is 11.3 Å². The van der Waals surface area contributed by atoms with Gasteiger partial charge in [0.15, 0.2) is 0 Å². The van der Waals surface area contributed by atoms with E-state index in [0.717, 1.165) is 6.54 Å². The van der Waals surface area contributed by atoms with E-state index in [-0.39, 0.29) is 5.41 Å². The zero-order chi connectivity index (χ0) is 14.0. The topological polar surface area (TPSA) is 30.9 Å². The fourth-order valence-electron chi connectivity index (χ4n) is 2.39. The summed E-state index contributed by atoms with van der Waals surface area (Å²) in [4.78, 5) is 0. The number of nitrogens with two attached hydrogens (primary N) is 1. The normalized spacial score (nSPS) is 11.8. The molecule has 2 nitrogen and oxygen atoms in total. The van der Waals surface area contributed by atoms with Crippen LogP contribution in [-0.4, -0.2) is 11.1 Å². The molecule has 0 spiro atoms. The maximum Gasteiger partial charge on any atom is 0.0482 e. The highest BCUT2D eigenvalue weighted by atomic mass is 15.0. The molecule has 19 heavy (non-hydrogen) atoms. The van der Waals surface area contributed by atoms with Crippen molar-refractivity contribution in [2.45, 2.75) is 39.7 Å². The lowest BCUT2D eigenvalue weighted by molar-refractivity contribution is 0.590. The number of rotatable bonds is 3. The molecule has 1 heterocycles. The third-order valence-corrected chi connectivity index (χ3v) is 3.60. The summed E-state index contributed by atoms with van der Waals surface area (Å²) in [6.07, 6.45) is 0. The molecule has 0 bridgehead atoms. The van der Waals surface area contributed by atoms with Crippen molar-refractivity contribution in [1.82, 2.24) is 4.57 Å². The Bertz CT molecular complexity index is 542. The van der Waals surface area contributed by atoms with Gasteiger partial charge < -0.3 is 10.3 Å². The predicted octanol–water partition coefficient (Wildman–Crippen LogP) is 3.72. The lowest BCUT2D eigenvalue weighted by atomic mass is 9.86. The second-order valence-electron chi connectivity index (χ2n) is 6.13. The molecule has 2 aromatic rings. The first-order chi connectivity index (χ1) is 8.93. The van der Waals surface area contributed by atoms with Crippen molar-refractivity contribution in [3.63, 3.8) is 0 Å². The summed E-state index contributed by atoms with van der Waals surface area (Å²) < 4.78 is 2.28. The van der Waals surface area contributed by atoms with Gasteiger partial charge in [-0.3, -0.25) is 0 Å². The Kier molecular flexibility index (Phi) is 3.81. The summed E-state index contributed by atoms with van der Waals surface area (Å²) in [6, 6.07) is 13.2. The zero-order valence-electron chi connectivity index (χ0n) is 12.4. The van der Waals surface area contributed by atoms with Crippen LogP contribution in [0.1, 0.15) is 32.0 Å². The summed E-state index contributed by atoms with van der Waals surface area (Å²) in [6.45, 7) is 10.4. The molecule has 0 aliphatic heterocycles. The molecule has 2 N–H and O–H groups in total. The fourth-order valence-corrected chi connectivity index (χ4v) is 2.39. The van der Waals surface area contributed by atoms with Crippen LogP contribution in [0.15, 0.2) is 36.4 Å². The van der Waals surface area contributed by atoms with E-state index < -0.39 is 0 Å². The molecule has 2 rings (SSSR count). The summed E-state index contributed by atoms with van der Waals surface area (Å²) in [5.41, 5.74) is 11.0. The Balaban J connectivity index is 2.38. The molecule has 0 radical (unpaired) electrons. The summed E-state index contributed by atoms with van der Waals surface area (Å²) in [7, 11) is 0. The van der Waals surface area contributed by atoms with Crippen LogP contribution in [0.4, 0.5) is 0 Å². The quantitative estimate of drug-likeness (QED) is 0.891. The lowest BCUT2D eigenvalue weighted by Crippen LogP contribution is -2.12. The molecule has 0 aliphatic rings. The van der Waals surface area contributed by atoms with Crippen molar-refractivity contribution < 1.29 is 0 Å². The van der Waals surface area contributed by atoms with E-state index in [4.69, 9.17) is 5.73 Å². The molecular weight excluding hydrogens is 232 g/mol. The SMILES string of the molecule is Cc1ccc(-c2ccc(C(C)(C)C)cc2)n1CCN. The average molecular weight is 256 g/mol. The minimum absolute atomic E-state index is 0.202. The van der Waals surface area contributed by atoms with Crippen LogP contribution < -0.4 is 5.73 Å².